The molecule has 0 radical (unpaired) electrons. The molecule has 1 fully saturated rings. The number of rotatable bonds is 5. The van der Waals surface area contributed by atoms with Gasteiger partial charge in [0.1, 0.15) is 12.4 Å². The molecule has 148 valence electrons. The standard InChI is InChI=1S/C22H25ClN2O3/c23-19-6-7-21-17(13-19)12-18(15-28-21)22(26)24-20(16-4-2-1-3-5-16)14-25-8-10-27-11-9-25/h1-7,13,18,20H,8-12,14-15H2,(H,24,26)/t18-,20-/m1/s1. The molecule has 1 saturated heterocycles. The minimum Gasteiger partial charge on any atom is -0.492 e. The van der Waals surface area contributed by atoms with Crippen LogP contribution in [0.3, 0.4) is 0 Å². The Morgan fingerprint density at radius 2 is 1.96 bits per heavy atom. The van der Waals surface area contributed by atoms with Gasteiger partial charge in [-0.3, -0.25) is 9.69 Å². The summed E-state index contributed by atoms with van der Waals surface area (Å²) >= 11 is 6.10. The smallest absolute Gasteiger partial charge is 0.227 e. The maximum Gasteiger partial charge on any atom is 0.227 e. The van der Waals surface area contributed by atoms with Gasteiger partial charge in [-0.2, -0.15) is 0 Å². The van der Waals surface area contributed by atoms with E-state index in [9.17, 15) is 4.79 Å². The van der Waals surface area contributed by atoms with Crippen molar-refractivity contribution in [3.63, 3.8) is 0 Å². The summed E-state index contributed by atoms with van der Waals surface area (Å²) in [7, 11) is 0. The van der Waals surface area contributed by atoms with Crippen molar-refractivity contribution in [3.8, 4) is 5.75 Å². The third-order valence-electron chi connectivity index (χ3n) is 5.36. The van der Waals surface area contributed by atoms with Crippen LogP contribution in [0.15, 0.2) is 48.5 Å². The van der Waals surface area contributed by atoms with Crippen molar-refractivity contribution in [3.05, 3.63) is 64.7 Å². The van der Waals surface area contributed by atoms with Crippen molar-refractivity contribution in [2.24, 2.45) is 5.92 Å². The quantitative estimate of drug-likeness (QED) is 0.838. The van der Waals surface area contributed by atoms with Gasteiger partial charge in [0.05, 0.1) is 25.2 Å². The Hall–Kier alpha value is -2.08. The van der Waals surface area contributed by atoms with E-state index < -0.39 is 0 Å². The molecule has 2 heterocycles. The third kappa shape index (κ3) is 4.66. The zero-order chi connectivity index (χ0) is 19.3. The topological polar surface area (TPSA) is 50.8 Å². The molecule has 6 heteroatoms. The van der Waals surface area contributed by atoms with E-state index in [2.05, 4.69) is 22.3 Å². The molecule has 1 N–H and O–H groups in total. The lowest BCUT2D eigenvalue weighted by Crippen LogP contribution is -2.45. The Bertz CT molecular complexity index is 809. The van der Waals surface area contributed by atoms with Gasteiger partial charge >= 0.3 is 0 Å². The number of hydrogen-bond acceptors (Lipinski definition) is 4. The highest BCUT2D eigenvalue weighted by molar-refractivity contribution is 6.30. The molecule has 0 bridgehead atoms. The van der Waals surface area contributed by atoms with Crippen molar-refractivity contribution in [2.75, 3.05) is 39.5 Å². The number of hydrogen-bond donors (Lipinski definition) is 1. The highest BCUT2D eigenvalue weighted by atomic mass is 35.5. The molecule has 28 heavy (non-hydrogen) atoms. The molecule has 0 aliphatic carbocycles. The summed E-state index contributed by atoms with van der Waals surface area (Å²) < 4.78 is 11.3. The summed E-state index contributed by atoms with van der Waals surface area (Å²) in [6.45, 7) is 4.41. The lowest BCUT2D eigenvalue weighted by atomic mass is 9.95. The Kier molecular flexibility index (Phi) is 6.15. The van der Waals surface area contributed by atoms with Crippen LogP contribution in [0, 0.1) is 5.92 Å². The molecule has 0 aromatic heterocycles. The number of fused-ring (bicyclic) bond motifs is 1. The van der Waals surface area contributed by atoms with E-state index in [0.29, 0.717) is 18.1 Å². The number of nitrogens with zero attached hydrogens (tertiary/aromatic N) is 1. The third-order valence-corrected chi connectivity index (χ3v) is 5.60. The second-order valence-electron chi connectivity index (χ2n) is 7.35. The number of nitrogens with one attached hydrogen (secondary N) is 1. The van der Waals surface area contributed by atoms with E-state index >= 15 is 0 Å². The van der Waals surface area contributed by atoms with E-state index in [4.69, 9.17) is 21.1 Å². The van der Waals surface area contributed by atoms with Crippen molar-refractivity contribution < 1.29 is 14.3 Å². The molecule has 1 amide bonds. The van der Waals surface area contributed by atoms with Crippen molar-refractivity contribution in [1.29, 1.82) is 0 Å². The molecular formula is C22H25ClN2O3. The number of halogens is 1. The molecule has 2 aliphatic rings. The molecule has 0 spiro atoms. The van der Waals surface area contributed by atoms with Gasteiger partial charge in [-0.05, 0) is 35.7 Å². The largest absolute Gasteiger partial charge is 0.492 e. The first kappa shape index (κ1) is 19.2. The molecule has 0 saturated carbocycles. The average molecular weight is 401 g/mol. The predicted molar refractivity (Wildman–Crippen MR) is 109 cm³/mol. The zero-order valence-electron chi connectivity index (χ0n) is 15.8. The predicted octanol–water partition coefficient (Wildman–Crippen LogP) is 3.08. The van der Waals surface area contributed by atoms with Crippen LogP contribution in [0.5, 0.6) is 5.75 Å². The van der Waals surface area contributed by atoms with E-state index in [-0.39, 0.29) is 17.9 Å². The Labute approximate surface area is 170 Å². The highest BCUT2D eigenvalue weighted by Gasteiger charge is 2.29. The van der Waals surface area contributed by atoms with Gasteiger partial charge in [0.15, 0.2) is 0 Å². The molecule has 2 aliphatic heterocycles. The monoisotopic (exact) mass is 400 g/mol. The Morgan fingerprint density at radius 3 is 2.75 bits per heavy atom. The zero-order valence-corrected chi connectivity index (χ0v) is 16.5. The van der Waals surface area contributed by atoms with Gasteiger partial charge in [-0.1, -0.05) is 41.9 Å². The SMILES string of the molecule is O=C(N[C@H](CN1CCOCC1)c1ccccc1)[C@H]1COc2ccc(Cl)cc2C1. The number of benzene rings is 2. The first-order valence-corrected chi connectivity index (χ1v) is 10.1. The van der Waals surface area contributed by atoms with Crippen molar-refractivity contribution in [2.45, 2.75) is 12.5 Å². The lowest BCUT2D eigenvalue weighted by molar-refractivity contribution is -0.127. The van der Waals surface area contributed by atoms with Crippen LogP contribution in [0.4, 0.5) is 0 Å². The first-order chi connectivity index (χ1) is 13.7. The molecule has 0 unspecified atom stereocenters. The van der Waals surface area contributed by atoms with Crippen LogP contribution in [0.25, 0.3) is 0 Å². The van der Waals surface area contributed by atoms with Crippen LogP contribution in [0.1, 0.15) is 17.2 Å². The van der Waals surface area contributed by atoms with Crippen molar-refractivity contribution >= 4 is 17.5 Å². The second kappa shape index (κ2) is 8.95. The lowest BCUT2D eigenvalue weighted by Gasteiger charge is -2.32. The van der Waals surface area contributed by atoms with Gasteiger partial charge in [-0.25, -0.2) is 0 Å². The van der Waals surface area contributed by atoms with Crippen LogP contribution in [-0.4, -0.2) is 50.3 Å². The summed E-state index contributed by atoms with van der Waals surface area (Å²) in [5.41, 5.74) is 2.10. The molecule has 2 atom stereocenters. The highest BCUT2D eigenvalue weighted by Crippen LogP contribution is 2.30. The number of amides is 1. The van der Waals surface area contributed by atoms with Gasteiger partial charge in [0, 0.05) is 24.7 Å². The average Bonchev–Trinajstić information content (AvgIpc) is 2.74. The van der Waals surface area contributed by atoms with Crippen LogP contribution >= 0.6 is 11.6 Å². The van der Waals surface area contributed by atoms with Gasteiger partial charge < -0.3 is 14.8 Å². The van der Waals surface area contributed by atoms with Gasteiger partial charge in [-0.15, -0.1) is 0 Å². The fraction of sp³-hybridized carbons (Fsp3) is 0.409. The molecule has 2 aromatic carbocycles. The van der Waals surface area contributed by atoms with E-state index in [1.54, 1.807) is 0 Å². The van der Waals surface area contributed by atoms with Crippen LogP contribution in [-0.2, 0) is 16.0 Å². The Morgan fingerprint density at radius 1 is 1.18 bits per heavy atom. The van der Waals surface area contributed by atoms with Gasteiger partial charge in [0.25, 0.3) is 0 Å². The number of carbonyl (C=O) groups is 1. The van der Waals surface area contributed by atoms with E-state index in [1.165, 1.54) is 0 Å². The molecule has 5 nitrogen and oxygen atoms in total. The fourth-order valence-electron chi connectivity index (χ4n) is 3.78. The van der Waals surface area contributed by atoms with Crippen molar-refractivity contribution in [1.82, 2.24) is 10.2 Å². The molecule has 2 aromatic rings. The number of ether oxygens (including phenoxy) is 2. The molecule has 4 rings (SSSR count). The summed E-state index contributed by atoms with van der Waals surface area (Å²) in [6.07, 6.45) is 0.640. The summed E-state index contributed by atoms with van der Waals surface area (Å²) in [4.78, 5) is 15.4. The number of carbonyl (C=O) groups excluding carboxylic acids is 1. The summed E-state index contributed by atoms with van der Waals surface area (Å²) in [5, 5.41) is 3.93. The van der Waals surface area contributed by atoms with Crippen LogP contribution in [0.2, 0.25) is 5.02 Å². The minimum atomic E-state index is -0.220. The normalized spacial score (nSPS) is 20.7. The number of morpholine rings is 1. The van der Waals surface area contributed by atoms with Gasteiger partial charge in [0.2, 0.25) is 5.91 Å². The minimum absolute atomic E-state index is 0.0211. The maximum absolute atomic E-state index is 13.1. The fourth-order valence-corrected chi connectivity index (χ4v) is 3.98. The first-order valence-electron chi connectivity index (χ1n) is 9.75. The van der Waals surface area contributed by atoms with E-state index in [0.717, 1.165) is 49.7 Å². The maximum atomic E-state index is 13.1. The summed E-state index contributed by atoms with van der Waals surface area (Å²) in [6, 6.07) is 15.7. The Balaban J connectivity index is 1.46. The van der Waals surface area contributed by atoms with Crippen LogP contribution < -0.4 is 10.1 Å². The second-order valence-corrected chi connectivity index (χ2v) is 7.79. The summed E-state index contributed by atoms with van der Waals surface area (Å²) in [5.74, 6) is 0.621. The van der Waals surface area contributed by atoms with E-state index in [1.807, 2.05) is 36.4 Å². The molecular weight excluding hydrogens is 376 g/mol.